The van der Waals surface area contributed by atoms with Crippen LogP contribution in [0.15, 0.2) is 30.3 Å². The summed E-state index contributed by atoms with van der Waals surface area (Å²) in [5.41, 5.74) is 17.3. The largest absolute Gasteiger partial charge is 0.481 e. The smallest absolute Gasteiger partial charge is 0.326 e. The van der Waals surface area contributed by atoms with Crippen molar-refractivity contribution in [2.45, 2.75) is 154 Å². The van der Waals surface area contributed by atoms with Crippen LogP contribution < -0.4 is 54.4 Å². The van der Waals surface area contributed by atoms with E-state index in [4.69, 9.17) is 17.2 Å². The maximum atomic E-state index is 14.2. The van der Waals surface area contributed by atoms with Gasteiger partial charge in [-0.2, -0.15) is 0 Å². The molecule has 68 heavy (non-hydrogen) atoms. The standard InChI is InChI=1S/C45H74N10O13/c1-7-25(5)36(55-44(66)37(26(6)8-2)54-38(60)28(47)23-56)43(65)52-32(22-34(48)57)42(64)51-31(21-27-14-10-9-11-15-27)41(63)50-30(17-18-35(58)59)40(62)49-29(16-12-13-19-46)39(61)53-33(45(67)68)20-24(3)4/h9-11,14-15,24-26,28-33,36-37,56H,7-8,12-13,16-23,46-47H2,1-6H3,(H2,48,57)(H,49,62)(H,50,63)(H,51,64)(H,52,65)(H,53,61)(H,54,60)(H,55,66)(H,58,59)(H,67,68)/t25-,26+,28+,29+,30+,31-,32-,33-,36+,37-/m0/s1. The second-order valence-electron chi connectivity index (χ2n) is 17.4. The number of rotatable bonds is 33. The van der Waals surface area contributed by atoms with Crippen LogP contribution in [0.4, 0.5) is 0 Å². The van der Waals surface area contributed by atoms with Crippen molar-refractivity contribution in [2.24, 2.45) is 35.0 Å². The first-order valence-corrected chi connectivity index (χ1v) is 23.0. The van der Waals surface area contributed by atoms with Gasteiger partial charge in [-0.15, -0.1) is 0 Å². The van der Waals surface area contributed by atoms with Gasteiger partial charge in [0.2, 0.25) is 47.3 Å². The fourth-order valence-electron chi connectivity index (χ4n) is 6.80. The van der Waals surface area contributed by atoms with Gasteiger partial charge in [0.15, 0.2) is 0 Å². The van der Waals surface area contributed by atoms with Gasteiger partial charge in [0, 0.05) is 12.8 Å². The van der Waals surface area contributed by atoms with Gasteiger partial charge in [-0.05, 0) is 62.0 Å². The lowest BCUT2D eigenvalue weighted by molar-refractivity contribution is -0.143. The van der Waals surface area contributed by atoms with E-state index in [9.17, 15) is 63.3 Å². The minimum atomic E-state index is -1.73. The van der Waals surface area contributed by atoms with Gasteiger partial charge in [0.25, 0.3) is 0 Å². The predicted octanol–water partition coefficient (Wildman–Crippen LogP) is -1.97. The lowest BCUT2D eigenvalue weighted by Gasteiger charge is -2.30. The molecule has 0 spiro atoms. The van der Waals surface area contributed by atoms with Gasteiger partial charge in [0.05, 0.1) is 13.0 Å². The Morgan fingerprint density at radius 2 is 1.04 bits per heavy atom. The molecule has 0 bridgehead atoms. The number of primary amides is 1. The summed E-state index contributed by atoms with van der Waals surface area (Å²) in [4.78, 5) is 132. The molecule has 1 rings (SSSR count). The topological polar surface area (TPSA) is 394 Å². The Kier molecular flexibility index (Phi) is 27.2. The first-order chi connectivity index (χ1) is 32.0. The van der Waals surface area contributed by atoms with E-state index in [1.54, 1.807) is 71.9 Å². The Bertz CT molecular complexity index is 1850. The number of aliphatic carboxylic acids is 2. The summed E-state index contributed by atoms with van der Waals surface area (Å²) in [5.74, 6) is -11.2. The number of aliphatic hydroxyl groups is 1. The lowest BCUT2D eigenvalue weighted by atomic mass is 9.94. The third-order valence-corrected chi connectivity index (χ3v) is 11.3. The number of carboxylic acids is 2. The second kappa shape index (κ2) is 31.0. The van der Waals surface area contributed by atoms with Gasteiger partial charge in [-0.25, -0.2) is 4.79 Å². The molecule has 0 heterocycles. The summed E-state index contributed by atoms with van der Waals surface area (Å²) in [5, 5.41) is 46.2. The predicted molar refractivity (Wildman–Crippen MR) is 248 cm³/mol. The first kappa shape index (κ1) is 59.8. The summed E-state index contributed by atoms with van der Waals surface area (Å²) >= 11 is 0. The highest BCUT2D eigenvalue weighted by Gasteiger charge is 2.37. The number of unbranched alkanes of at least 4 members (excludes halogenated alkanes) is 1. The molecule has 0 unspecified atom stereocenters. The van der Waals surface area contributed by atoms with Gasteiger partial charge in [-0.1, -0.05) is 84.7 Å². The number of benzene rings is 1. The maximum absolute atomic E-state index is 14.2. The van der Waals surface area contributed by atoms with E-state index < -0.39 is 145 Å². The molecular weight excluding hydrogens is 889 g/mol. The molecule has 23 nitrogen and oxygen atoms in total. The number of nitrogens with one attached hydrogen (secondary N) is 7. The second-order valence-corrected chi connectivity index (χ2v) is 17.4. The minimum Gasteiger partial charge on any atom is -0.481 e. The van der Waals surface area contributed by atoms with Crippen LogP contribution in [-0.4, -0.2) is 136 Å². The molecule has 23 heteroatoms. The van der Waals surface area contributed by atoms with Crippen molar-refractivity contribution in [3.05, 3.63) is 35.9 Å². The molecule has 0 saturated carbocycles. The molecule has 0 saturated heterocycles. The van der Waals surface area contributed by atoms with Gasteiger partial charge in [0.1, 0.15) is 48.3 Å². The average molecular weight is 963 g/mol. The third-order valence-electron chi connectivity index (χ3n) is 11.3. The Balaban J connectivity index is 3.60. The van der Waals surface area contributed by atoms with Crippen LogP contribution >= 0.6 is 0 Å². The van der Waals surface area contributed by atoms with Crippen LogP contribution in [0.5, 0.6) is 0 Å². The fraction of sp³-hybridized carbons (Fsp3) is 0.644. The maximum Gasteiger partial charge on any atom is 0.326 e. The fourth-order valence-corrected chi connectivity index (χ4v) is 6.80. The van der Waals surface area contributed by atoms with E-state index in [1.165, 1.54) is 0 Å². The SMILES string of the molecule is CC[C@@H](C)[C@H](NC(=O)[C@H](N)CO)C(=O)N[C@@H](C(=O)N[C@@H](CC(N)=O)C(=O)N[C@@H](Cc1ccccc1)C(=O)N[C@H](CCC(=O)O)C(=O)N[C@H](CCCCN)C(=O)N[C@@H](CC(C)C)C(=O)O)[C@@H](C)CC. The van der Waals surface area contributed by atoms with Gasteiger partial charge >= 0.3 is 11.9 Å². The van der Waals surface area contributed by atoms with Crippen molar-refractivity contribution in [3.8, 4) is 0 Å². The zero-order valence-corrected chi connectivity index (χ0v) is 39.9. The summed E-state index contributed by atoms with van der Waals surface area (Å²) in [7, 11) is 0. The van der Waals surface area contributed by atoms with Crippen molar-refractivity contribution in [1.29, 1.82) is 0 Å². The monoisotopic (exact) mass is 963 g/mol. The number of hydrogen-bond acceptors (Lipinski definition) is 13. The number of carboxylic acid groups (broad SMARTS) is 2. The number of amides is 8. The van der Waals surface area contributed by atoms with Crippen LogP contribution in [0.25, 0.3) is 0 Å². The Labute approximate surface area is 397 Å². The Morgan fingerprint density at radius 3 is 1.51 bits per heavy atom. The van der Waals surface area contributed by atoms with Crippen LogP contribution in [0.3, 0.4) is 0 Å². The highest BCUT2D eigenvalue weighted by Crippen LogP contribution is 2.14. The molecule has 0 radical (unpaired) electrons. The number of aliphatic hydroxyl groups excluding tert-OH is 1. The van der Waals surface area contributed by atoms with E-state index in [1.807, 2.05) is 0 Å². The molecule has 0 aromatic heterocycles. The summed E-state index contributed by atoms with van der Waals surface area (Å²) in [6.07, 6.45) is -0.510. The molecule has 382 valence electrons. The molecule has 0 aliphatic heterocycles. The molecule has 0 aliphatic rings. The van der Waals surface area contributed by atoms with Gasteiger partial charge in [-0.3, -0.25) is 43.2 Å². The number of carbonyl (C=O) groups excluding carboxylic acids is 8. The van der Waals surface area contributed by atoms with E-state index in [-0.39, 0.29) is 31.7 Å². The normalized spacial score (nSPS) is 15.6. The van der Waals surface area contributed by atoms with E-state index >= 15 is 0 Å². The minimum absolute atomic E-state index is 0.0119. The summed E-state index contributed by atoms with van der Waals surface area (Å²) in [6.45, 7) is 9.90. The highest BCUT2D eigenvalue weighted by molar-refractivity contribution is 5.99. The van der Waals surface area contributed by atoms with Crippen molar-refractivity contribution >= 4 is 59.2 Å². The number of carbonyl (C=O) groups is 10. The van der Waals surface area contributed by atoms with E-state index in [0.29, 0.717) is 31.2 Å². The third kappa shape index (κ3) is 21.6. The molecule has 0 fully saturated rings. The Morgan fingerprint density at radius 1 is 0.588 bits per heavy atom. The first-order valence-electron chi connectivity index (χ1n) is 23.0. The lowest BCUT2D eigenvalue weighted by Crippen LogP contribution is -2.62. The van der Waals surface area contributed by atoms with Crippen LogP contribution in [0, 0.1) is 17.8 Å². The zero-order valence-electron chi connectivity index (χ0n) is 39.9. The van der Waals surface area contributed by atoms with Crippen LogP contribution in [0.2, 0.25) is 0 Å². The number of nitrogens with two attached hydrogens (primary N) is 3. The highest BCUT2D eigenvalue weighted by atomic mass is 16.4. The molecule has 1 aromatic carbocycles. The van der Waals surface area contributed by atoms with Crippen molar-refractivity contribution in [2.75, 3.05) is 13.2 Å². The molecule has 8 amide bonds. The van der Waals surface area contributed by atoms with Crippen LogP contribution in [0.1, 0.15) is 105 Å². The number of hydrogen-bond donors (Lipinski definition) is 13. The average Bonchev–Trinajstić information content (AvgIpc) is 3.28. The van der Waals surface area contributed by atoms with Crippen molar-refractivity contribution < 1.29 is 63.3 Å². The van der Waals surface area contributed by atoms with Gasteiger partial charge < -0.3 is 69.7 Å². The molecule has 0 aliphatic carbocycles. The summed E-state index contributed by atoms with van der Waals surface area (Å²) in [6, 6.07) is -3.11. The van der Waals surface area contributed by atoms with Crippen LogP contribution in [-0.2, 0) is 54.4 Å². The van der Waals surface area contributed by atoms with Crippen molar-refractivity contribution in [1.82, 2.24) is 37.2 Å². The van der Waals surface area contributed by atoms with Crippen molar-refractivity contribution in [3.63, 3.8) is 0 Å². The van der Waals surface area contributed by atoms with E-state index in [0.717, 1.165) is 0 Å². The quantitative estimate of drug-likeness (QED) is 0.0340. The molecule has 16 N–H and O–H groups in total. The molecular formula is C45H74N10O13. The summed E-state index contributed by atoms with van der Waals surface area (Å²) < 4.78 is 0. The van der Waals surface area contributed by atoms with E-state index in [2.05, 4.69) is 37.2 Å². The zero-order chi connectivity index (χ0) is 51.7. The molecule has 10 atom stereocenters. The Hall–Kier alpha value is -6.20. The molecule has 1 aromatic rings.